The van der Waals surface area contributed by atoms with Crippen LogP contribution in [0.4, 0.5) is 0 Å². The van der Waals surface area contributed by atoms with Crippen LogP contribution < -0.4 is 5.73 Å². The molecule has 2 bridgehead atoms. The maximum atomic E-state index is 6.17. The van der Waals surface area contributed by atoms with E-state index in [1.165, 1.54) is 57.8 Å². The molecule has 3 aliphatic rings. The summed E-state index contributed by atoms with van der Waals surface area (Å²) in [6.45, 7) is 1.03. The van der Waals surface area contributed by atoms with Gasteiger partial charge in [-0.1, -0.05) is 25.7 Å². The molecule has 3 fully saturated rings. The lowest BCUT2D eigenvalue weighted by Crippen LogP contribution is -2.27. The summed E-state index contributed by atoms with van der Waals surface area (Å²) in [4.78, 5) is 4.74. The second-order valence-electron chi connectivity index (χ2n) is 6.54. The molecule has 0 aliphatic heterocycles. The van der Waals surface area contributed by atoms with Crippen LogP contribution in [-0.4, -0.2) is 12.4 Å². The van der Waals surface area contributed by atoms with Crippen LogP contribution in [-0.2, 0) is 0 Å². The van der Waals surface area contributed by atoms with Crippen LogP contribution in [0.5, 0.6) is 0 Å². The third-order valence-electron chi connectivity index (χ3n) is 5.42. The van der Waals surface area contributed by atoms with Crippen LogP contribution in [0.2, 0.25) is 0 Å². The van der Waals surface area contributed by atoms with Gasteiger partial charge in [0.1, 0.15) is 0 Å². The molecule has 3 unspecified atom stereocenters. The van der Waals surface area contributed by atoms with Gasteiger partial charge in [-0.25, -0.2) is 0 Å². The minimum Gasteiger partial charge on any atom is -0.387 e. The molecule has 3 rings (SSSR count). The quantitative estimate of drug-likeness (QED) is 0.590. The first-order valence-corrected chi connectivity index (χ1v) is 7.62. The lowest BCUT2D eigenvalue weighted by Gasteiger charge is -2.23. The molecule has 96 valence electrons. The molecule has 0 aromatic carbocycles. The average Bonchev–Trinajstić information content (AvgIpc) is 2.99. The van der Waals surface area contributed by atoms with E-state index in [0.29, 0.717) is 5.92 Å². The number of fused-ring (bicyclic) bond motifs is 2. The number of nitrogens with zero attached hydrogens (tertiary/aromatic N) is 1. The summed E-state index contributed by atoms with van der Waals surface area (Å²) in [5.41, 5.74) is 6.17. The van der Waals surface area contributed by atoms with Gasteiger partial charge in [-0.3, -0.25) is 4.99 Å². The Hall–Kier alpha value is -0.530. The van der Waals surface area contributed by atoms with Crippen molar-refractivity contribution in [3.8, 4) is 0 Å². The molecule has 3 aliphatic carbocycles. The summed E-state index contributed by atoms with van der Waals surface area (Å²) in [5, 5.41) is 0. The van der Waals surface area contributed by atoms with Crippen molar-refractivity contribution in [1.82, 2.24) is 0 Å². The van der Waals surface area contributed by atoms with Gasteiger partial charge in [0, 0.05) is 12.5 Å². The normalized spacial score (nSPS) is 38.8. The summed E-state index contributed by atoms with van der Waals surface area (Å²) in [6, 6.07) is 0. The zero-order chi connectivity index (χ0) is 11.7. The molecule has 0 heterocycles. The van der Waals surface area contributed by atoms with Crippen LogP contribution in [0.3, 0.4) is 0 Å². The standard InChI is InChI=1S/C15H26N2/c16-15(12-4-2-1-3-5-12)17-10-14-9-11-6-7-13(14)8-11/h11-14H,1-10H2,(H2,16,17). The summed E-state index contributed by atoms with van der Waals surface area (Å²) >= 11 is 0. The van der Waals surface area contributed by atoms with Crippen molar-refractivity contribution in [2.45, 2.75) is 57.8 Å². The number of hydrogen-bond donors (Lipinski definition) is 1. The van der Waals surface area contributed by atoms with E-state index in [1.54, 1.807) is 0 Å². The molecule has 3 atom stereocenters. The highest BCUT2D eigenvalue weighted by Crippen LogP contribution is 2.48. The van der Waals surface area contributed by atoms with Gasteiger partial charge in [0.2, 0.25) is 0 Å². The predicted molar refractivity (Wildman–Crippen MR) is 72.0 cm³/mol. The molecule has 0 saturated heterocycles. The zero-order valence-electron chi connectivity index (χ0n) is 10.9. The average molecular weight is 234 g/mol. The van der Waals surface area contributed by atoms with Crippen LogP contribution in [0, 0.1) is 23.7 Å². The SMILES string of the molecule is NC(=NCC1CC2CCC1C2)C1CCCCC1. The van der Waals surface area contributed by atoms with Crippen molar-refractivity contribution in [1.29, 1.82) is 0 Å². The van der Waals surface area contributed by atoms with E-state index < -0.39 is 0 Å². The van der Waals surface area contributed by atoms with E-state index in [1.807, 2.05) is 0 Å². The highest BCUT2D eigenvalue weighted by atomic mass is 14.9. The van der Waals surface area contributed by atoms with E-state index in [-0.39, 0.29) is 0 Å². The minimum absolute atomic E-state index is 0.613. The molecule has 0 aromatic rings. The van der Waals surface area contributed by atoms with Crippen molar-refractivity contribution in [2.75, 3.05) is 6.54 Å². The summed E-state index contributed by atoms with van der Waals surface area (Å²) < 4.78 is 0. The molecule has 0 radical (unpaired) electrons. The zero-order valence-corrected chi connectivity index (χ0v) is 10.9. The molecule has 0 aromatic heterocycles. The number of rotatable bonds is 3. The Balaban J connectivity index is 1.51. The second-order valence-corrected chi connectivity index (χ2v) is 6.54. The van der Waals surface area contributed by atoms with Crippen LogP contribution in [0.15, 0.2) is 4.99 Å². The number of hydrogen-bond acceptors (Lipinski definition) is 1. The highest BCUT2D eigenvalue weighted by Gasteiger charge is 2.39. The summed E-state index contributed by atoms with van der Waals surface area (Å²) in [5.74, 6) is 4.49. The third kappa shape index (κ3) is 2.51. The van der Waals surface area contributed by atoms with Crippen molar-refractivity contribution >= 4 is 5.84 Å². The van der Waals surface area contributed by atoms with E-state index in [2.05, 4.69) is 0 Å². The minimum atomic E-state index is 0.613. The first-order valence-electron chi connectivity index (χ1n) is 7.62. The Morgan fingerprint density at radius 3 is 2.47 bits per heavy atom. The topological polar surface area (TPSA) is 38.4 Å². The van der Waals surface area contributed by atoms with Gasteiger partial charge in [-0.2, -0.15) is 0 Å². The van der Waals surface area contributed by atoms with Gasteiger partial charge < -0.3 is 5.73 Å². The van der Waals surface area contributed by atoms with Crippen molar-refractivity contribution in [3.63, 3.8) is 0 Å². The van der Waals surface area contributed by atoms with E-state index in [4.69, 9.17) is 10.7 Å². The smallest absolute Gasteiger partial charge is 0.0968 e. The van der Waals surface area contributed by atoms with Crippen molar-refractivity contribution < 1.29 is 0 Å². The molecular weight excluding hydrogens is 208 g/mol. The third-order valence-corrected chi connectivity index (χ3v) is 5.42. The van der Waals surface area contributed by atoms with Crippen molar-refractivity contribution in [3.05, 3.63) is 0 Å². The number of nitrogens with two attached hydrogens (primary N) is 1. The largest absolute Gasteiger partial charge is 0.387 e. The Morgan fingerprint density at radius 2 is 1.82 bits per heavy atom. The Bertz CT molecular complexity index is 291. The maximum Gasteiger partial charge on any atom is 0.0968 e. The molecule has 2 heteroatoms. The lowest BCUT2D eigenvalue weighted by molar-refractivity contribution is 0.340. The van der Waals surface area contributed by atoms with Crippen LogP contribution >= 0.6 is 0 Å². The van der Waals surface area contributed by atoms with Crippen LogP contribution in [0.1, 0.15) is 57.8 Å². The van der Waals surface area contributed by atoms with Gasteiger partial charge in [0.25, 0.3) is 0 Å². The number of aliphatic imine (C=N–C) groups is 1. The van der Waals surface area contributed by atoms with E-state index in [9.17, 15) is 0 Å². The van der Waals surface area contributed by atoms with Crippen molar-refractivity contribution in [2.24, 2.45) is 34.4 Å². The Morgan fingerprint density at radius 1 is 1.00 bits per heavy atom. The summed E-state index contributed by atoms with van der Waals surface area (Å²) in [7, 11) is 0. The maximum absolute atomic E-state index is 6.17. The lowest BCUT2D eigenvalue weighted by atomic mass is 9.87. The number of amidine groups is 1. The van der Waals surface area contributed by atoms with E-state index >= 15 is 0 Å². The first-order chi connectivity index (χ1) is 8.33. The molecule has 17 heavy (non-hydrogen) atoms. The fourth-order valence-electron chi connectivity index (χ4n) is 4.35. The Labute approximate surface area is 105 Å². The monoisotopic (exact) mass is 234 g/mol. The van der Waals surface area contributed by atoms with Gasteiger partial charge in [-0.05, 0) is 49.9 Å². The van der Waals surface area contributed by atoms with Gasteiger partial charge in [-0.15, -0.1) is 0 Å². The van der Waals surface area contributed by atoms with Crippen LogP contribution in [0.25, 0.3) is 0 Å². The molecule has 3 saturated carbocycles. The second kappa shape index (κ2) is 4.99. The highest BCUT2D eigenvalue weighted by molar-refractivity contribution is 5.82. The van der Waals surface area contributed by atoms with Gasteiger partial charge in [0.15, 0.2) is 0 Å². The molecule has 2 N–H and O–H groups in total. The fraction of sp³-hybridized carbons (Fsp3) is 0.933. The van der Waals surface area contributed by atoms with E-state index in [0.717, 1.165) is 30.1 Å². The molecule has 0 amide bonds. The predicted octanol–water partition coefficient (Wildman–Crippen LogP) is 3.36. The van der Waals surface area contributed by atoms with Gasteiger partial charge in [0.05, 0.1) is 5.84 Å². The molecule has 2 nitrogen and oxygen atoms in total. The Kier molecular flexibility index (Phi) is 3.39. The first kappa shape index (κ1) is 11.6. The fourth-order valence-corrected chi connectivity index (χ4v) is 4.35. The molecular formula is C15H26N2. The van der Waals surface area contributed by atoms with Gasteiger partial charge >= 0.3 is 0 Å². The summed E-state index contributed by atoms with van der Waals surface area (Å²) in [6.07, 6.45) is 12.6. The molecule has 0 spiro atoms.